The maximum Gasteiger partial charge on any atom is 0.102 e. The van der Waals surface area contributed by atoms with Gasteiger partial charge < -0.3 is 5.11 Å². The van der Waals surface area contributed by atoms with Crippen LogP contribution in [-0.2, 0) is 5.41 Å². The molecule has 1 aliphatic carbocycles. The zero-order valence-corrected chi connectivity index (χ0v) is 9.26. The topological polar surface area (TPSA) is 20.2 Å². The molecule has 1 aromatic rings. The summed E-state index contributed by atoms with van der Waals surface area (Å²) in [6.45, 7) is 4.12. The summed E-state index contributed by atoms with van der Waals surface area (Å²) >= 11 is 0. The zero-order chi connectivity index (χ0) is 11.1. The minimum absolute atomic E-state index is 0.0519. The summed E-state index contributed by atoms with van der Waals surface area (Å²) in [5, 5.41) is 9.42. The summed E-state index contributed by atoms with van der Waals surface area (Å²) in [7, 11) is 0. The summed E-state index contributed by atoms with van der Waals surface area (Å²) in [5.41, 5.74) is 3.15. The van der Waals surface area contributed by atoms with Crippen molar-refractivity contribution in [3.8, 4) is 0 Å². The molecular weight excluding hydrogens is 191 g/mol. The molecule has 1 aromatic carbocycles. The predicted octanol–water partition coefficient (Wildman–Crippen LogP) is 2.67. The van der Waals surface area contributed by atoms with Crippen LogP contribution in [0, 0.1) is 13.8 Å². The first-order valence-corrected chi connectivity index (χ1v) is 5.39. The summed E-state index contributed by atoms with van der Waals surface area (Å²) in [6, 6.07) is 6.23. The minimum atomic E-state index is -0.738. The van der Waals surface area contributed by atoms with Crippen LogP contribution >= 0.6 is 0 Å². The van der Waals surface area contributed by atoms with Crippen molar-refractivity contribution in [1.29, 1.82) is 0 Å². The van der Waals surface area contributed by atoms with Gasteiger partial charge in [0.2, 0.25) is 0 Å². The van der Waals surface area contributed by atoms with Crippen LogP contribution in [0.25, 0.3) is 0 Å². The van der Waals surface area contributed by atoms with E-state index in [1.807, 2.05) is 13.8 Å². The standard InChI is InChI=1S/C13H17FO/c1-9-3-10(2)5-11(4-9)13(8-15)6-12(14)7-13/h3-5,12,15H,6-8H2,1-2H3. The number of rotatable bonds is 2. The van der Waals surface area contributed by atoms with Crippen molar-refractivity contribution in [3.05, 3.63) is 34.9 Å². The Labute approximate surface area is 89.9 Å². The highest BCUT2D eigenvalue weighted by Crippen LogP contribution is 2.45. The van der Waals surface area contributed by atoms with Crippen molar-refractivity contribution in [1.82, 2.24) is 0 Å². The number of alkyl halides is 1. The van der Waals surface area contributed by atoms with Crippen molar-refractivity contribution in [2.45, 2.75) is 38.3 Å². The molecule has 2 heteroatoms. The van der Waals surface area contributed by atoms with Crippen LogP contribution < -0.4 is 0 Å². The third kappa shape index (κ3) is 1.78. The van der Waals surface area contributed by atoms with Gasteiger partial charge in [0.1, 0.15) is 6.17 Å². The van der Waals surface area contributed by atoms with Crippen LogP contribution in [0.1, 0.15) is 29.5 Å². The van der Waals surface area contributed by atoms with E-state index < -0.39 is 6.17 Å². The molecule has 15 heavy (non-hydrogen) atoms. The Morgan fingerprint density at radius 3 is 2.20 bits per heavy atom. The molecule has 0 saturated heterocycles. The molecule has 2 rings (SSSR count). The first kappa shape index (κ1) is 10.6. The second kappa shape index (κ2) is 3.60. The normalized spacial score (nSPS) is 30.0. The first-order valence-electron chi connectivity index (χ1n) is 5.39. The first-order chi connectivity index (χ1) is 7.05. The van der Waals surface area contributed by atoms with Crippen LogP contribution in [0.5, 0.6) is 0 Å². The molecule has 1 nitrogen and oxygen atoms in total. The van der Waals surface area contributed by atoms with E-state index in [1.165, 1.54) is 11.1 Å². The van der Waals surface area contributed by atoms with Gasteiger partial charge in [-0.15, -0.1) is 0 Å². The van der Waals surface area contributed by atoms with Crippen LogP contribution in [-0.4, -0.2) is 17.9 Å². The summed E-state index contributed by atoms with van der Waals surface area (Å²) < 4.78 is 13.0. The number of halogens is 1. The van der Waals surface area contributed by atoms with Crippen molar-refractivity contribution in [3.63, 3.8) is 0 Å². The molecule has 0 bridgehead atoms. The van der Waals surface area contributed by atoms with Gasteiger partial charge >= 0.3 is 0 Å². The fraction of sp³-hybridized carbons (Fsp3) is 0.538. The third-order valence-corrected chi connectivity index (χ3v) is 3.36. The van der Waals surface area contributed by atoms with E-state index in [9.17, 15) is 9.50 Å². The average molecular weight is 208 g/mol. The van der Waals surface area contributed by atoms with E-state index in [0.717, 1.165) is 5.56 Å². The number of aliphatic hydroxyl groups excluding tert-OH is 1. The molecule has 82 valence electrons. The van der Waals surface area contributed by atoms with Gasteiger partial charge in [0.25, 0.3) is 0 Å². The van der Waals surface area contributed by atoms with Gasteiger partial charge in [0.05, 0.1) is 6.61 Å². The molecular formula is C13H17FO. The number of benzene rings is 1. The van der Waals surface area contributed by atoms with Gasteiger partial charge in [0.15, 0.2) is 0 Å². The number of hydrogen-bond donors (Lipinski definition) is 1. The van der Waals surface area contributed by atoms with Crippen molar-refractivity contribution in [2.75, 3.05) is 6.61 Å². The Bertz CT molecular complexity index is 347. The average Bonchev–Trinajstić information content (AvgIpc) is 2.10. The maximum absolute atomic E-state index is 13.0. The SMILES string of the molecule is Cc1cc(C)cc(C2(CO)CC(F)C2)c1. The van der Waals surface area contributed by atoms with Crippen LogP contribution in [0.3, 0.4) is 0 Å². The second-order valence-electron chi connectivity index (χ2n) is 4.82. The largest absolute Gasteiger partial charge is 0.395 e. The molecule has 1 saturated carbocycles. The third-order valence-electron chi connectivity index (χ3n) is 3.36. The Morgan fingerprint density at radius 1 is 1.27 bits per heavy atom. The second-order valence-corrected chi connectivity index (χ2v) is 4.82. The van der Waals surface area contributed by atoms with E-state index in [0.29, 0.717) is 12.8 Å². The molecule has 0 aromatic heterocycles. The molecule has 0 unspecified atom stereocenters. The van der Waals surface area contributed by atoms with Gasteiger partial charge in [0, 0.05) is 5.41 Å². The summed E-state index contributed by atoms with van der Waals surface area (Å²) in [4.78, 5) is 0. The van der Waals surface area contributed by atoms with Crippen molar-refractivity contribution >= 4 is 0 Å². The van der Waals surface area contributed by atoms with Gasteiger partial charge in [-0.3, -0.25) is 0 Å². The fourth-order valence-corrected chi connectivity index (χ4v) is 2.53. The monoisotopic (exact) mass is 208 g/mol. The lowest BCUT2D eigenvalue weighted by molar-refractivity contribution is 0.0409. The van der Waals surface area contributed by atoms with Crippen LogP contribution in [0.15, 0.2) is 18.2 Å². The molecule has 1 N–H and O–H groups in total. The number of aryl methyl sites for hydroxylation is 2. The Hall–Kier alpha value is -0.890. The zero-order valence-electron chi connectivity index (χ0n) is 9.26. The fourth-order valence-electron chi connectivity index (χ4n) is 2.53. The molecule has 0 amide bonds. The summed E-state index contributed by atoms with van der Waals surface area (Å²) in [5.74, 6) is 0. The lowest BCUT2D eigenvalue weighted by Crippen LogP contribution is -2.45. The number of hydrogen-bond acceptors (Lipinski definition) is 1. The van der Waals surface area contributed by atoms with Crippen LogP contribution in [0.2, 0.25) is 0 Å². The smallest absolute Gasteiger partial charge is 0.102 e. The maximum atomic E-state index is 13.0. The van der Waals surface area contributed by atoms with Gasteiger partial charge in [-0.05, 0) is 32.3 Å². The van der Waals surface area contributed by atoms with E-state index in [-0.39, 0.29) is 12.0 Å². The van der Waals surface area contributed by atoms with E-state index in [2.05, 4.69) is 18.2 Å². The van der Waals surface area contributed by atoms with E-state index in [4.69, 9.17) is 0 Å². The molecule has 0 spiro atoms. The van der Waals surface area contributed by atoms with E-state index >= 15 is 0 Å². The lowest BCUT2D eigenvalue weighted by Gasteiger charge is -2.43. The molecule has 0 atom stereocenters. The Balaban J connectivity index is 2.35. The highest BCUT2D eigenvalue weighted by molar-refractivity contribution is 5.36. The molecule has 1 aliphatic rings. The van der Waals surface area contributed by atoms with Crippen LogP contribution in [0.4, 0.5) is 4.39 Å². The van der Waals surface area contributed by atoms with Gasteiger partial charge in [-0.1, -0.05) is 29.3 Å². The van der Waals surface area contributed by atoms with Gasteiger partial charge in [-0.25, -0.2) is 4.39 Å². The highest BCUT2D eigenvalue weighted by Gasteiger charge is 2.45. The van der Waals surface area contributed by atoms with Gasteiger partial charge in [-0.2, -0.15) is 0 Å². The van der Waals surface area contributed by atoms with Crippen molar-refractivity contribution in [2.24, 2.45) is 0 Å². The predicted molar refractivity (Wildman–Crippen MR) is 58.8 cm³/mol. The minimum Gasteiger partial charge on any atom is -0.395 e. The molecule has 0 aliphatic heterocycles. The Kier molecular flexibility index (Phi) is 2.55. The highest BCUT2D eigenvalue weighted by atomic mass is 19.1. The summed E-state index contributed by atoms with van der Waals surface area (Å²) in [6.07, 6.45) is 0.191. The molecule has 0 radical (unpaired) electrons. The lowest BCUT2D eigenvalue weighted by atomic mass is 9.63. The number of aliphatic hydroxyl groups is 1. The quantitative estimate of drug-likeness (QED) is 0.792. The molecule has 0 heterocycles. The van der Waals surface area contributed by atoms with Crippen molar-refractivity contribution < 1.29 is 9.50 Å². The Morgan fingerprint density at radius 2 is 1.80 bits per heavy atom. The van der Waals surface area contributed by atoms with E-state index in [1.54, 1.807) is 0 Å². The molecule has 1 fully saturated rings.